The zero-order valence-electron chi connectivity index (χ0n) is 20.4. The standard InChI is InChI=1S/C25H34BrN3O4S/c1-18(2)27-25(31)20(4)28(17-21-12-14-22(26)15-13-21)24(30)11-8-16-29(34(5,32)33)23-10-7-6-9-19(23)3/h6-7,9-10,12-15,18,20H,8,11,16-17H2,1-5H3,(H,27,31)/t20-/m1/s1. The lowest BCUT2D eigenvalue weighted by Gasteiger charge is -2.30. The Balaban J connectivity index is 2.17. The van der Waals surface area contributed by atoms with Crippen molar-refractivity contribution < 1.29 is 18.0 Å². The van der Waals surface area contributed by atoms with E-state index in [9.17, 15) is 18.0 Å². The van der Waals surface area contributed by atoms with E-state index in [1.807, 2.05) is 57.2 Å². The largest absolute Gasteiger partial charge is 0.352 e. The first-order valence-electron chi connectivity index (χ1n) is 11.3. The molecule has 0 saturated heterocycles. The molecule has 0 bridgehead atoms. The van der Waals surface area contributed by atoms with Gasteiger partial charge in [0.25, 0.3) is 0 Å². The normalized spacial score (nSPS) is 12.3. The van der Waals surface area contributed by atoms with Crippen molar-refractivity contribution in [1.29, 1.82) is 0 Å². The van der Waals surface area contributed by atoms with E-state index >= 15 is 0 Å². The third-order valence-electron chi connectivity index (χ3n) is 5.40. The third kappa shape index (κ3) is 8.13. The Hall–Kier alpha value is -2.39. The number of sulfonamides is 1. The van der Waals surface area contributed by atoms with Gasteiger partial charge in [-0.1, -0.05) is 46.3 Å². The predicted molar refractivity (Wildman–Crippen MR) is 140 cm³/mol. The van der Waals surface area contributed by atoms with Crippen molar-refractivity contribution in [3.63, 3.8) is 0 Å². The van der Waals surface area contributed by atoms with Gasteiger partial charge in [-0.15, -0.1) is 0 Å². The van der Waals surface area contributed by atoms with Gasteiger partial charge < -0.3 is 10.2 Å². The number of para-hydroxylation sites is 1. The number of nitrogens with zero attached hydrogens (tertiary/aromatic N) is 2. The number of benzene rings is 2. The molecule has 2 aromatic rings. The molecule has 1 N–H and O–H groups in total. The molecule has 0 fully saturated rings. The number of halogens is 1. The maximum absolute atomic E-state index is 13.2. The Morgan fingerprint density at radius 3 is 2.21 bits per heavy atom. The highest BCUT2D eigenvalue weighted by Gasteiger charge is 2.27. The van der Waals surface area contributed by atoms with Gasteiger partial charge in [-0.2, -0.15) is 0 Å². The van der Waals surface area contributed by atoms with Crippen LogP contribution < -0.4 is 9.62 Å². The predicted octanol–water partition coefficient (Wildman–Crippen LogP) is 4.25. The number of aryl methyl sites for hydroxylation is 1. The van der Waals surface area contributed by atoms with Gasteiger partial charge in [0.05, 0.1) is 11.9 Å². The van der Waals surface area contributed by atoms with Gasteiger partial charge in [0.15, 0.2) is 0 Å². The van der Waals surface area contributed by atoms with E-state index in [0.717, 1.165) is 15.6 Å². The number of carbonyl (C=O) groups is 2. The van der Waals surface area contributed by atoms with Crippen LogP contribution in [-0.4, -0.2) is 50.0 Å². The molecule has 34 heavy (non-hydrogen) atoms. The Morgan fingerprint density at radius 2 is 1.65 bits per heavy atom. The van der Waals surface area contributed by atoms with E-state index in [0.29, 0.717) is 12.1 Å². The average molecular weight is 553 g/mol. The van der Waals surface area contributed by atoms with Crippen molar-refractivity contribution in [3.8, 4) is 0 Å². The molecule has 0 unspecified atom stereocenters. The maximum atomic E-state index is 13.2. The zero-order valence-corrected chi connectivity index (χ0v) is 22.8. The van der Waals surface area contributed by atoms with Crippen molar-refractivity contribution in [2.24, 2.45) is 0 Å². The number of anilines is 1. The molecule has 7 nitrogen and oxygen atoms in total. The second kappa shape index (κ2) is 12.4. The van der Waals surface area contributed by atoms with Crippen LogP contribution in [0.4, 0.5) is 5.69 Å². The lowest BCUT2D eigenvalue weighted by atomic mass is 10.1. The molecule has 2 aromatic carbocycles. The van der Waals surface area contributed by atoms with Gasteiger partial charge in [0.1, 0.15) is 6.04 Å². The molecular formula is C25H34BrN3O4S. The molecule has 0 spiro atoms. The summed E-state index contributed by atoms with van der Waals surface area (Å²) in [6.07, 6.45) is 1.61. The summed E-state index contributed by atoms with van der Waals surface area (Å²) in [5.74, 6) is -0.425. The first kappa shape index (κ1) is 27.9. The summed E-state index contributed by atoms with van der Waals surface area (Å²) in [5.41, 5.74) is 2.35. The molecule has 0 heterocycles. The third-order valence-corrected chi connectivity index (χ3v) is 7.11. The Morgan fingerprint density at radius 1 is 1.03 bits per heavy atom. The quantitative estimate of drug-likeness (QED) is 0.452. The zero-order chi connectivity index (χ0) is 25.5. The first-order chi connectivity index (χ1) is 15.9. The Bertz CT molecular complexity index is 1090. The van der Waals surface area contributed by atoms with Gasteiger partial charge in [-0.25, -0.2) is 8.42 Å². The van der Waals surface area contributed by atoms with Gasteiger partial charge in [-0.3, -0.25) is 13.9 Å². The van der Waals surface area contributed by atoms with Crippen LogP contribution in [0.5, 0.6) is 0 Å². The maximum Gasteiger partial charge on any atom is 0.242 e. The van der Waals surface area contributed by atoms with E-state index < -0.39 is 16.1 Å². The fourth-order valence-corrected chi connectivity index (χ4v) is 4.89. The van der Waals surface area contributed by atoms with Gasteiger partial charge >= 0.3 is 0 Å². The lowest BCUT2D eigenvalue weighted by molar-refractivity contribution is -0.140. The van der Waals surface area contributed by atoms with E-state index in [2.05, 4.69) is 21.2 Å². The fraction of sp³-hybridized carbons (Fsp3) is 0.440. The molecule has 1 atom stereocenters. The summed E-state index contributed by atoms with van der Waals surface area (Å²) in [7, 11) is -3.51. The molecule has 2 amide bonds. The molecule has 0 aromatic heterocycles. The van der Waals surface area contributed by atoms with Crippen LogP contribution in [0, 0.1) is 6.92 Å². The highest BCUT2D eigenvalue weighted by atomic mass is 79.9. The molecule has 9 heteroatoms. The van der Waals surface area contributed by atoms with Crippen LogP contribution >= 0.6 is 15.9 Å². The molecule has 0 aliphatic heterocycles. The highest BCUT2D eigenvalue weighted by Crippen LogP contribution is 2.23. The lowest BCUT2D eigenvalue weighted by Crippen LogP contribution is -2.49. The van der Waals surface area contributed by atoms with E-state index in [-0.39, 0.29) is 37.4 Å². The molecular weight excluding hydrogens is 518 g/mol. The highest BCUT2D eigenvalue weighted by molar-refractivity contribution is 9.10. The number of hydrogen-bond acceptors (Lipinski definition) is 4. The number of hydrogen-bond donors (Lipinski definition) is 1. The molecule has 186 valence electrons. The second-order valence-corrected chi connectivity index (χ2v) is 11.5. The van der Waals surface area contributed by atoms with E-state index in [4.69, 9.17) is 0 Å². The van der Waals surface area contributed by atoms with Crippen LogP contribution in [0.1, 0.15) is 44.7 Å². The van der Waals surface area contributed by atoms with Gasteiger partial charge in [-0.05, 0) is 63.4 Å². The minimum absolute atomic E-state index is 0.0444. The van der Waals surface area contributed by atoms with Crippen LogP contribution in [-0.2, 0) is 26.2 Å². The Labute approximate surface area is 211 Å². The van der Waals surface area contributed by atoms with E-state index in [1.54, 1.807) is 24.0 Å². The topological polar surface area (TPSA) is 86.8 Å². The summed E-state index contributed by atoms with van der Waals surface area (Å²) in [5, 5.41) is 2.87. The SMILES string of the molecule is Cc1ccccc1N(CCCC(=O)N(Cc1ccc(Br)cc1)[C@H](C)C(=O)NC(C)C)S(C)(=O)=O. The number of rotatable bonds is 11. The second-order valence-electron chi connectivity index (χ2n) is 8.71. The number of amides is 2. The molecule has 0 radical (unpaired) electrons. The summed E-state index contributed by atoms with van der Waals surface area (Å²) in [6.45, 7) is 7.77. The summed E-state index contributed by atoms with van der Waals surface area (Å²) >= 11 is 3.41. The first-order valence-corrected chi connectivity index (χ1v) is 13.9. The van der Waals surface area contributed by atoms with Crippen LogP contribution in [0.2, 0.25) is 0 Å². The molecule has 2 rings (SSSR count). The van der Waals surface area contributed by atoms with Crippen molar-refractivity contribution in [2.75, 3.05) is 17.1 Å². The smallest absolute Gasteiger partial charge is 0.242 e. The number of carbonyl (C=O) groups excluding carboxylic acids is 2. The molecule has 0 aliphatic rings. The summed E-state index contributed by atoms with van der Waals surface area (Å²) in [6, 6.07) is 14.1. The minimum Gasteiger partial charge on any atom is -0.352 e. The number of nitrogens with one attached hydrogen (secondary N) is 1. The minimum atomic E-state index is -3.51. The monoisotopic (exact) mass is 551 g/mol. The van der Waals surface area contributed by atoms with E-state index in [1.165, 1.54) is 10.6 Å². The molecule has 0 saturated carbocycles. The van der Waals surface area contributed by atoms with Crippen molar-refractivity contribution in [2.45, 2.75) is 59.2 Å². The van der Waals surface area contributed by atoms with Crippen LogP contribution in [0.25, 0.3) is 0 Å². The van der Waals surface area contributed by atoms with Crippen molar-refractivity contribution in [1.82, 2.24) is 10.2 Å². The van der Waals surface area contributed by atoms with Crippen LogP contribution in [0.15, 0.2) is 53.0 Å². The van der Waals surface area contributed by atoms with Gasteiger partial charge in [0, 0.05) is 30.0 Å². The van der Waals surface area contributed by atoms with Crippen molar-refractivity contribution in [3.05, 3.63) is 64.1 Å². The van der Waals surface area contributed by atoms with Crippen LogP contribution in [0.3, 0.4) is 0 Å². The fourth-order valence-electron chi connectivity index (χ4n) is 3.60. The Kier molecular flexibility index (Phi) is 10.1. The van der Waals surface area contributed by atoms with Gasteiger partial charge in [0.2, 0.25) is 21.8 Å². The van der Waals surface area contributed by atoms with Crippen molar-refractivity contribution >= 4 is 43.5 Å². The molecule has 0 aliphatic carbocycles. The summed E-state index contributed by atoms with van der Waals surface area (Å²) < 4.78 is 27.1. The summed E-state index contributed by atoms with van der Waals surface area (Å²) in [4.78, 5) is 27.5. The average Bonchev–Trinajstić information content (AvgIpc) is 2.75.